The number of aromatic nitrogens is 8. The fraction of sp³-hybridized carbons (Fsp3) is 0.459. The molecule has 27 heteroatoms. The number of hydrogen-bond donors (Lipinski definition) is 4. The van der Waals surface area contributed by atoms with Gasteiger partial charge in [-0.25, -0.2) is 19.9 Å². The molecule has 7 atom stereocenters. The molecular formula is C37H42N12O11P2S2. The van der Waals surface area contributed by atoms with Crippen LogP contribution in [0.5, 0.6) is 0 Å². The molecule has 23 nitrogen and oxygen atoms in total. The number of aromatic amines is 1. The lowest BCUT2D eigenvalue weighted by atomic mass is 10.2. The molecule has 338 valence electrons. The van der Waals surface area contributed by atoms with Crippen molar-refractivity contribution in [1.29, 1.82) is 10.5 Å². The van der Waals surface area contributed by atoms with Crippen molar-refractivity contribution in [2.75, 3.05) is 37.1 Å². The Hall–Kier alpha value is -4.98. The number of nitrogens with one attached hydrogen (secondary N) is 3. The molecule has 0 radical (unpaired) electrons. The van der Waals surface area contributed by atoms with E-state index < -0.39 is 55.7 Å². The van der Waals surface area contributed by atoms with Gasteiger partial charge in [0, 0.05) is 17.9 Å². The van der Waals surface area contributed by atoms with Crippen LogP contribution >= 0.6 is 13.4 Å². The van der Waals surface area contributed by atoms with E-state index in [-0.39, 0.29) is 86.0 Å². The van der Waals surface area contributed by atoms with Gasteiger partial charge in [0.05, 0.1) is 76.3 Å². The van der Waals surface area contributed by atoms with Crippen LogP contribution in [0, 0.1) is 28.6 Å². The van der Waals surface area contributed by atoms with E-state index >= 15 is 0 Å². The fourth-order valence-electron chi connectivity index (χ4n) is 6.58. The van der Waals surface area contributed by atoms with Gasteiger partial charge in [0.1, 0.15) is 24.9 Å². The van der Waals surface area contributed by atoms with Crippen LogP contribution in [0.25, 0.3) is 22.3 Å². The van der Waals surface area contributed by atoms with E-state index in [1.165, 1.54) is 19.0 Å². The number of rotatable bonds is 20. The molecule has 2 aliphatic heterocycles. The number of amides is 2. The van der Waals surface area contributed by atoms with Crippen molar-refractivity contribution in [1.82, 2.24) is 39.0 Å². The van der Waals surface area contributed by atoms with E-state index in [1.807, 2.05) is 12.1 Å². The van der Waals surface area contributed by atoms with E-state index in [2.05, 4.69) is 40.5 Å². The van der Waals surface area contributed by atoms with Crippen LogP contribution in [-0.2, 0) is 60.5 Å². The highest BCUT2D eigenvalue weighted by atomic mass is 32.5. The standard InChI is InChI=1S/C37H42N12O11P2S2/c1-22(2)34(50)46-37-45-33-30(36(52)47-37)43-21-48(33)27-11-10-24(58-27)17-57-62(64,55-15-7-13-39)60-25-16-28(59-26(25)18-56-61(53,63)54-14-6-12-38)49-20-42-29-31(40-19-41-32(29)49)44-35(51)23-8-4-3-5-9-23/h3-5,8-9,19-22,24-28H,6-7,10-11,14-18H2,1-2H3,(H,53,63)(H,40,41,44,51)(H2,45,46,47,50,52)/t24?,25-,26?,27?,28?,61?,62?/m0/s1. The summed E-state index contributed by atoms with van der Waals surface area (Å²) >= 11 is 11.1. The maximum Gasteiger partial charge on any atom is 0.327 e. The van der Waals surface area contributed by atoms with Gasteiger partial charge in [-0.1, -0.05) is 32.0 Å². The molecule has 0 bridgehead atoms. The zero-order chi connectivity index (χ0) is 45.4. The third-order valence-electron chi connectivity index (χ3n) is 9.73. The van der Waals surface area contributed by atoms with Crippen molar-refractivity contribution in [3.8, 4) is 12.1 Å². The maximum absolute atomic E-state index is 13.0. The average Bonchev–Trinajstić information content (AvgIpc) is 4.09. The molecule has 4 N–H and O–H groups in total. The average molecular weight is 957 g/mol. The number of anilines is 2. The van der Waals surface area contributed by atoms with Gasteiger partial charge in [-0.15, -0.1) is 0 Å². The second-order valence-electron chi connectivity index (χ2n) is 14.5. The summed E-state index contributed by atoms with van der Waals surface area (Å²) in [5.74, 6) is -0.944. The smallest absolute Gasteiger partial charge is 0.327 e. The van der Waals surface area contributed by atoms with Gasteiger partial charge < -0.3 is 42.3 Å². The quantitative estimate of drug-likeness (QED) is 0.0617. The number of carbonyl (C=O) groups is 2. The van der Waals surface area contributed by atoms with Crippen molar-refractivity contribution < 1.29 is 46.6 Å². The summed E-state index contributed by atoms with van der Waals surface area (Å²) in [6.07, 6.45) is 1.26. The molecule has 2 saturated heterocycles. The molecule has 5 aromatic rings. The Bertz CT molecular complexity index is 2730. The van der Waals surface area contributed by atoms with Crippen molar-refractivity contribution in [2.24, 2.45) is 5.92 Å². The van der Waals surface area contributed by atoms with Crippen LogP contribution in [0.15, 0.2) is 54.1 Å². The largest absolute Gasteiger partial charge is 0.352 e. The Balaban J connectivity index is 1.08. The van der Waals surface area contributed by atoms with Gasteiger partial charge in [0.25, 0.3) is 11.5 Å². The van der Waals surface area contributed by atoms with Gasteiger partial charge in [0.15, 0.2) is 28.1 Å². The van der Waals surface area contributed by atoms with E-state index in [1.54, 1.807) is 53.3 Å². The summed E-state index contributed by atoms with van der Waals surface area (Å²) in [6.45, 7) is -4.87. The molecule has 64 heavy (non-hydrogen) atoms. The topological polar surface area (TPSA) is 298 Å². The molecule has 6 unspecified atom stereocenters. The van der Waals surface area contributed by atoms with Crippen LogP contribution in [0.4, 0.5) is 11.8 Å². The lowest BCUT2D eigenvalue weighted by molar-refractivity contribution is -0.118. The lowest BCUT2D eigenvalue weighted by Crippen LogP contribution is -2.29. The molecule has 2 fully saturated rings. The summed E-state index contributed by atoms with van der Waals surface area (Å²) < 4.78 is 45.6. The molecule has 2 amide bonds. The van der Waals surface area contributed by atoms with Gasteiger partial charge in [-0.3, -0.25) is 33.8 Å². The number of nitriles is 2. The van der Waals surface area contributed by atoms with Crippen LogP contribution in [0.2, 0.25) is 0 Å². The highest BCUT2D eigenvalue weighted by Gasteiger charge is 2.43. The van der Waals surface area contributed by atoms with E-state index in [4.69, 9.17) is 61.0 Å². The van der Waals surface area contributed by atoms with E-state index in [0.29, 0.717) is 24.1 Å². The lowest BCUT2D eigenvalue weighted by Gasteiger charge is -2.28. The minimum atomic E-state index is -3.84. The highest BCUT2D eigenvalue weighted by Crippen LogP contribution is 2.55. The van der Waals surface area contributed by atoms with Crippen LogP contribution < -0.4 is 16.2 Å². The first-order chi connectivity index (χ1) is 30.8. The molecule has 2 aliphatic rings. The van der Waals surface area contributed by atoms with Crippen LogP contribution in [0.1, 0.15) is 68.8 Å². The number of imidazole rings is 2. The maximum atomic E-state index is 13.0. The van der Waals surface area contributed by atoms with Gasteiger partial charge >= 0.3 is 13.4 Å². The normalized spacial score (nSPS) is 21.6. The second kappa shape index (κ2) is 20.9. The highest BCUT2D eigenvalue weighted by molar-refractivity contribution is 8.07. The Morgan fingerprint density at radius 2 is 1.64 bits per heavy atom. The Labute approximate surface area is 374 Å². The first-order valence-corrected chi connectivity index (χ1v) is 25.0. The molecular weight excluding hydrogens is 915 g/mol. The van der Waals surface area contributed by atoms with Crippen molar-refractivity contribution in [3.05, 3.63) is 65.2 Å². The van der Waals surface area contributed by atoms with Gasteiger partial charge in [0.2, 0.25) is 11.9 Å². The third kappa shape index (κ3) is 11.4. The molecule has 4 aromatic heterocycles. The van der Waals surface area contributed by atoms with Gasteiger partial charge in [-0.05, 0) is 48.6 Å². The third-order valence-corrected chi connectivity index (χ3v) is 13.7. The summed E-state index contributed by atoms with van der Waals surface area (Å²) in [4.78, 5) is 73.1. The fourth-order valence-corrected chi connectivity index (χ4v) is 9.87. The van der Waals surface area contributed by atoms with Gasteiger partial charge in [-0.2, -0.15) is 15.5 Å². The number of hydrogen-bond acceptors (Lipinski definition) is 19. The predicted octanol–water partition coefficient (Wildman–Crippen LogP) is 4.49. The van der Waals surface area contributed by atoms with Crippen molar-refractivity contribution >= 4 is 83.0 Å². The number of H-pyrrole nitrogens is 1. The Morgan fingerprint density at radius 3 is 2.38 bits per heavy atom. The van der Waals surface area contributed by atoms with Crippen LogP contribution in [0.3, 0.4) is 0 Å². The number of ether oxygens (including phenoxy) is 2. The molecule has 7 rings (SSSR count). The Morgan fingerprint density at radius 1 is 0.922 bits per heavy atom. The summed E-state index contributed by atoms with van der Waals surface area (Å²) in [7, 11) is 0. The number of fused-ring (bicyclic) bond motifs is 2. The molecule has 0 aliphatic carbocycles. The number of carbonyl (C=O) groups excluding carboxylic acids is 2. The second-order valence-corrected chi connectivity index (χ2v) is 20.3. The summed E-state index contributed by atoms with van der Waals surface area (Å²) in [5, 5.41) is 23.6. The minimum Gasteiger partial charge on any atom is -0.352 e. The molecule has 0 saturated carbocycles. The minimum absolute atomic E-state index is 0.0256. The monoisotopic (exact) mass is 956 g/mol. The van der Waals surface area contributed by atoms with E-state index in [9.17, 15) is 24.5 Å². The number of benzene rings is 1. The number of nitrogens with zero attached hydrogens (tertiary/aromatic N) is 9. The summed E-state index contributed by atoms with van der Waals surface area (Å²) in [5.41, 5.74) is 0.737. The Kier molecular flexibility index (Phi) is 15.3. The zero-order valence-corrected chi connectivity index (χ0v) is 37.6. The molecule has 6 heterocycles. The van der Waals surface area contributed by atoms with Crippen molar-refractivity contribution in [2.45, 2.75) is 76.7 Å². The predicted molar refractivity (Wildman–Crippen MR) is 233 cm³/mol. The van der Waals surface area contributed by atoms with E-state index in [0.717, 1.165) is 0 Å². The molecule has 0 spiro atoms. The zero-order valence-electron chi connectivity index (χ0n) is 34.2. The van der Waals surface area contributed by atoms with Crippen molar-refractivity contribution in [3.63, 3.8) is 0 Å². The SMILES string of the molecule is CC(C)C(=O)Nc1nc2c(ncn2C2CCC(COP(=S)(OCCC#N)O[C@H]3CC(n4cnc5c(NC(=O)c6ccccc6)ncnc54)OC3COP(O)(=S)OCCC#N)O2)c(=O)[nH]1. The molecule has 1 aromatic carbocycles. The first kappa shape index (κ1) is 47.0. The van der Waals surface area contributed by atoms with Crippen LogP contribution in [-0.4, -0.2) is 100 Å². The summed E-state index contributed by atoms with van der Waals surface area (Å²) in [6, 6.07) is 12.5. The first-order valence-electron chi connectivity index (χ1n) is 19.8.